The smallest absolute Gasteiger partial charge is 0.258 e. The fourth-order valence-electron chi connectivity index (χ4n) is 1.87. The van der Waals surface area contributed by atoms with Crippen molar-refractivity contribution >= 4 is 28.9 Å². The molecular weight excluding hydrogens is 285 g/mol. The van der Waals surface area contributed by atoms with Gasteiger partial charge in [0.15, 0.2) is 0 Å². The van der Waals surface area contributed by atoms with Crippen LogP contribution in [-0.2, 0) is 6.42 Å². The molecule has 0 aliphatic heterocycles. The zero-order chi connectivity index (χ0) is 13.8. The van der Waals surface area contributed by atoms with E-state index in [1.807, 2.05) is 30.3 Å². The van der Waals surface area contributed by atoms with E-state index in [9.17, 15) is 10.1 Å². The van der Waals surface area contributed by atoms with E-state index in [1.165, 1.54) is 12.1 Å². The van der Waals surface area contributed by atoms with Gasteiger partial charge < -0.3 is 0 Å². The molecule has 0 N–H and O–H groups in total. The number of nitrogens with zero attached hydrogens (tertiary/aromatic N) is 1. The fourth-order valence-corrected chi connectivity index (χ4v) is 2.37. The van der Waals surface area contributed by atoms with Gasteiger partial charge in [0, 0.05) is 16.7 Å². The molecule has 0 saturated carbocycles. The number of rotatable bonds is 4. The molecule has 1 atom stereocenters. The van der Waals surface area contributed by atoms with Gasteiger partial charge in [-0.1, -0.05) is 41.9 Å². The lowest BCUT2D eigenvalue weighted by Gasteiger charge is -2.10. The third-order valence-electron chi connectivity index (χ3n) is 2.80. The first-order valence-corrected chi connectivity index (χ1v) is 6.51. The van der Waals surface area contributed by atoms with Crippen molar-refractivity contribution in [3.05, 3.63) is 74.8 Å². The first-order chi connectivity index (χ1) is 9.08. The van der Waals surface area contributed by atoms with Crippen LogP contribution < -0.4 is 0 Å². The van der Waals surface area contributed by atoms with Crippen LogP contribution in [0.1, 0.15) is 16.5 Å². The minimum absolute atomic E-state index is 0.0472. The summed E-state index contributed by atoms with van der Waals surface area (Å²) >= 11 is 12.2. The molecule has 0 aliphatic rings. The fraction of sp³-hybridized carbons (Fsp3) is 0.143. The van der Waals surface area contributed by atoms with Gasteiger partial charge in [-0.25, -0.2) is 0 Å². The Kier molecular flexibility index (Phi) is 4.40. The van der Waals surface area contributed by atoms with Gasteiger partial charge in [0.1, 0.15) is 0 Å². The van der Waals surface area contributed by atoms with Crippen LogP contribution >= 0.6 is 23.2 Å². The number of benzene rings is 2. The summed E-state index contributed by atoms with van der Waals surface area (Å²) in [7, 11) is 0. The number of hydrogen-bond acceptors (Lipinski definition) is 2. The minimum atomic E-state index is -0.416. The van der Waals surface area contributed by atoms with Crippen molar-refractivity contribution in [1.82, 2.24) is 0 Å². The lowest BCUT2D eigenvalue weighted by molar-refractivity contribution is -0.385. The van der Waals surface area contributed by atoms with E-state index in [-0.39, 0.29) is 11.1 Å². The zero-order valence-electron chi connectivity index (χ0n) is 9.92. The second-order valence-electron chi connectivity index (χ2n) is 4.11. The quantitative estimate of drug-likeness (QED) is 0.463. The SMILES string of the molecule is O=[N+]([O-])c1ccc(Cl)cc1CC(Cl)c1ccccc1. The molecule has 0 aromatic heterocycles. The maximum absolute atomic E-state index is 11.0. The summed E-state index contributed by atoms with van der Waals surface area (Å²) in [5.41, 5.74) is 1.52. The van der Waals surface area contributed by atoms with E-state index in [2.05, 4.69) is 0 Å². The Morgan fingerprint density at radius 3 is 2.47 bits per heavy atom. The minimum Gasteiger partial charge on any atom is -0.258 e. The van der Waals surface area contributed by atoms with Crippen LogP contribution in [0.4, 0.5) is 5.69 Å². The summed E-state index contributed by atoms with van der Waals surface area (Å²) in [6.45, 7) is 0. The summed E-state index contributed by atoms with van der Waals surface area (Å²) in [5.74, 6) is 0. The van der Waals surface area contributed by atoms with Crippen molar-refractivity contribution in [1.29, 1.82) is 0 Å². The standard InChI is InChI=1S/C14H11Cl2NO2/c15-12-6-7-14(17(18)19)11(8-12)9-13(16)10-4-2-1-3-5-10/h1-8,13H,9H2. The van der Waals surface area contributed by atoms with Crippen molar-refractivity contribution in [3.8, 4) is 0 Å². The van der Waals surface area contributed by atoms with Gasteiger partial charge in [0.05, 0.1) is 10.3 Å². The number of halogens is 2. The molecule has 2 aromatic carbocycles. The van der Waals surface area contributed by atoms with E-state index < -0.39 is 4.92 Å². The average Bonchev–Trinajstić information content (AvgIpc) is 2.39. The lowest BCUT2D eigenvalue weighted by atomic mass is 10.0. The highest BCUT2D eigenvalue weighted by Gasteiger charge is 2.18. The van der Waals surface area contributed by atoms with E-state index >= 15 is 0 Å². The van der Waals surface area contributed by atoms with Crippen LogP contribution in [0, 0.1) is 10.1 Å². The molecule has 0 aliphatic carbocycles. The van der Waals surface area contributed by atoms with Crippen LogP contribution in [0.3, 0.4) is 0 Å². The summed E-state index contributed by atoms with van der Waals surface area (Å²) in [6, 6.07) is 14.0. The summed E-state index contributed by atoms with van der Waals surface area (Å²) < 4.78 is 0. The van der Waals surface area contributed by atoms with Crippen LogP contribution in [0.2, 0.25) is 5.02 Å². The maximum atomic E-state index is 11.0. The predicted molar refractivity (Wildman–Crippen MR) is 76.8 cm³/mol. The maximum Gasteiger partial charge on any atom is 0.272 e. The largest absolute Gasteiger partial charge is 0.272 e. The van der Waals surface area contributed by atoms with Crippen molar-refractivity contribution in [2.75, 3.05) is 0 Å². The molecule has 0 amide bonds. The Morgan fingerprint density at radius 1 is 1.16 bits per heavy atom. The van der Waals surface area contributed by atoms with E-state index in [4.69, 9.17) is 23.2 Å². The zero-order valence-corrected chi connectivity index (χ0v) is 11.4. The Balaban J connectivity index is 2.28. The molecule has 2 aromatic rings. The van der Waals surface area contributed by atoms with Crippen LogP contribution in [0.25, 0.3) is 0 Å². The third-order valence-corrected chi connectivity index (χ3v) is 3.44. The average molecular weight is 296 g/mol. The predicted octanol–water partition coefficient (Wildman–Crippen LogP) is 4.77. The topological polar surface area (TPSA) is 43.1 Å². The first-order valence-electron chi connectivity index (χ1n) is 5.70. The molecule has 98 valence electrons. The van der Waals surface area contributed by atoms with Crippen molar-refractivity contribution < 1.29 is 4.92 Å². The Labute approximate surface area is 120 Å². The van der Waals surface area contributed by atoms with Crippen LogP contribution in [0.5, 0.6) is 0 Å². The molecule has 5 heteroatoms. The molecular formula is C14H11Cl2NO2. The highest BCUT2D eigenvalue weighted by Crippen LogP contribution is 2.30. The van der Waals surface area contributed by atoms with Crippen molar-refractivity contribution in [3.63, 3.8) is 0 Å². The van der Waals surface area contributed by atoms with Crippen molar-refractivity contribution in [2.45, 2.75) is 11.8 Å². The van der Waals surface area contributed by atoms with E-state index in [0.717, 1.165) is 5.56 Å². The number of nitro benzene ring substituents is 1. The molecule has 0 bridgehead atoms. The van der Waals surface area contributed by atoms with Gasteiger partial charge in [-0.3, -0.25) is 10.1 Å². The van der Waals surface area contributed by atoms with Gasteiger partial charge in [-0.15, -0.1) is 11.6 Å². The normalized spacial score (nSPS) is 12.1. The molecule has 0 spiro atoms. The highest BCUT2D eigenvalue weighted by atomic mass is 35.5. The lowest BCUT2D eigenvalue weighted by Crippen LogP contribution is -2.00. The summed E-state index contributed by atoms with van der Waals surface area (Å²) in [4.78, 5) is 10.6. The molecule has 0 radical (unpaired) electrons. The molecule has 2 rings (SSSR count). The second-order valence-corrected chi connectivity index (χ2v) is 5.08. The van der Waals surface area contributed by atoms with Gasteiger partial charge in [0.2, 0.25) is 0 Å². The molecule has 0 saturated heterocycles. The Bertz CT molecular complexity index is 587. The Morgan fingerprint density at radius 2 is 1.84 bits per heavy atom. The molecule has 19 heavy (non-hydrogen) atoms. The van der Waals surface area contributed by atoms with Gasteiger partial charge >= 0.3 is 0 Å². The molecule has 1 unspecified atom stereocenters. The van der Waals surface area contributed by atoms with Crippen molar-refractivity contribution in [2.24, 2.45) is 0 Å². The summed E-state index contributed by atoms with van der Waals surface area (Å²) in [6.07, 6.45) is 0.364. The summed E-state index contributed by atoms with van der Waals surface area (Å²) in [5, 5.41) is 11.1. The number of hydrogen-bond donors (Lipinski definition) is 0. The molecule has 0 fully saturated rings. The van der Waals surface area contributed by atoms with E-state index in [1.54, 1.807) is 6.07 Å². The Hall–Kier alpha value is -1.58. The number of alkyl halides is 1. The van der Waals surface area contributed by atoms with Gasteiger partial charge in [-0.05, 0) is 24.1 Å². The van der Waals surface area contributed by atoms with Gasteiger partial charge in [0.25, 0.3) is 5.69 Å². The second kappa shape index (κ2) is 6.04. The molecule has 3 nitrogen and oxygen atoms in total. The highest BCUT2D eigenvalue weighted by molar-refractivity contribution is 6.30. The molecule has 0 heterocycles. The van der Waals surface area contributed by atoms with E-state index in [0.29, 0.717) is 17.0 Å². The third kappa shape index (κ3) is 3.46. The number of nitro groups is 1. The van der Waals surface area contributed by atoms with Crippen LogP contribution in [0.15, 0.2) is 48.5 Å². The van der Waals surface area contributed by atoms with Gasteiger partial charge in [-0.2, -0.15) is 0 Å². The monoisotopic (exact) mass is 295 g/mol. The van der Waals surface area contributed by atoms with Crippen LogP contribution in [-0.4, -0.2) is 4.92 Å². The first kappa shape index (κ1) is 13.8.